The van der Waals surface area contributed by atoms with Gasteiger partial charge in [0.1, 0.15) is 0 Å². The summed E-state index contributed by atoms with van der Waals surface area (Å²) in [6.45, 7) is 11.0. The Labute approximate surface area is 150 Å². The molecule has 6 atom stereocenters. The summed E-state index contributed by atoms with van der Waals surface area (Å²) in [4.78, 5) is 0. The molecule has 0 saturated heterocycles. The molecule has 6 unspecified atom stereocenters. The quantitative estimate of drug-likeness (QED) is 0.440. The minimum absolute atomic E-state index is 0.570. The van der Waals surface area contributed by atoms with Crippen LogP contribution >= 0.6 is 0 Å². The lowest BCUT2D eigenvalue weighted by molar-refractivity contribution is -0.0569. The molecule has 24 heavy (non-hydrogen) atoms. The molecule has 0 nitrogen and oxygen atoms in total. The maximum absolute atomic E-state index is 4.53. The Morgan fingerprint density at radius 2 is 1.62 bits per heavy atom. The van der Waals surface area contributed by atoms with Crippen molar-refractivity contribution >= 4 is 0 Å². The van der Waals surface area contributed by atoms with E-state index in [0.717, 1.165) is 35.0 Å². The summed E-state index contributed by atoms with van der Waals surface area (Å²) in [5.74, 6) is 5.43. The minimum atomic E-state index is 0.570. The third-order valence-corrected chi connectivity index (χ3v) is 9.48. The van der Waals surface area contributed by atoms with E-state index in [4.69, 9.17) is 0 Å². The highest BCUT2D eigenvalue weighted by Gasteiger charge is 2.58. The lowest BCUT2D eigenvalue weighted by Crippen LogP contribution is -2.48. The fraction of sp³-hybridized carbons (Fsp3) is 0.917. The molecule has 0 aliphatic heterocycles. The van der Waals surface area contributed by atoms with Gasteiger partial charge in [-0.2, -0.15) is 0 Å². The van der Waals surface area contributed by atoms with Crippen molar-refractivity contribution in [3.63, 3.8) is 0 Å². The third-order valence-electron chi connectivity index (χ3n) is 9.48. The van der Waals surface area contributed by atoms with Crippen LogP contribution in [-0.4, -0.2) is 0 Å². The second-order valence-corrected chi connectivity index (χ2v) is 9.87. The maximum Gasteiger partial charge on any atom is -0.00622 e. The molecule has 0 heteroatoms. The molecule has 0 radical (unpaired) electrons. The highest BCUT2D eigenvalue weighted by atomic mass is 14.6. The van der Waals surface area contributed by atoms with Gasteiger partial charge in [0.25, 0.3) is 0 Å². The lowest BCUT2D eigenvalue weighted by Gasteiger charge is -2.56. The molecular formula is C24H40. The first-order valence-electron chi connectivity index (χ1n) is 11.4. The van der Waals surface area contributed by atoms with E-state index < -0.39 is 0 Å². The fourth-order valence-electron chi connectivity index (χ4n) is 8.11. The van der Waals surface area contributed by atoms with Crippen LogP contribution in [0.5, 0.6) is 0 Å². The van der Waals surface area contributed by atoms with Crippen LogP contribution in [0.4, 0.5) is 0 Å². The van der Waals surface area contributed by atoms with Gasteiger partial charge >= 0.3 is 0 Å². The maximum atomic E-state index is 4.53. The Balaban J connectivity index is 0.000000704. The molecule has 5 aliphatic rings. The average molecular weight is 329 g/mol. The van der Waals surface area contributed by atoms with Crippen molar-refractivity contribution in [2.45, 2.75) is 97.8 Å². The number of hydrogen-bond donors (Lipinski definition) is 0. The van der Waals surface area contributed by atoms with Gasteiger partial charge < -0.3 is 0 Å². The second-order valence-electron chi connectivity index (χ2n) is 9.87. The Morgan fingerprint density at radius 3 is 2.33 bits per heavy atom. The van der Waals surface area contributed by atoms with Crippen LogP contribution in [0.1, 0.15) is 97.8 Å². The highest BCUT2D eigenvalue weighted by Crippen LogP contribution is 2.68. The summed E-state index contributed by atoms with van der Waals surface area (Å²) in [5.41, 5.74) is 3.08. The Kier molecular flexibility index (Phi) is 4.41. The normalized spacial score (nSPS) is 48.0. The van der Waals surface area contributed by atoms with Gasteiger partial charge in [0, 0.05) is 0 Å². The fourth-order valence-corrected chi connectivity index (χ4v) is 8.11. The van der Waals surface area contributed by atoms with Gasteiger partial charge in [-0.25, -0.2) is 0 Å². The van der Waals surface area contributed by atoms with Crippen molar-refractivity contribution in [1.82, 2.24) is 0 Å². The van der Waals surface area contributed by atoms with Crippen molar-refractivity contribution < 1.29 is 0 Å². The van der Waals surface area contributed by atoms with Crippen molar-refractivity contribution in [2.75, 3.05) is 0 Å². The van der Waals surface area contributed by atoms with Crippen LogP contribution in [-0.2, 0) is 0 Å². The molecule has 0 bridgehead atoms. The van der Waals surface area contributed by atoms with Crippen LogP contribution in [0.3, 0.4) is 0 Å². The molecule has 0 aromatic carbocycles. The van der Waals surface area contributed by atoms with E-state index >= 15 is 0 Å². The van der Waals surface area contributed by atoms with E-state index in [1.807, 2.05) is 13.8 Å². The van der Waals surface area contributed by atoms with Gasteiger partial charge in [0.05, 0.1) is 0 Å². The largest absolute Gasteiger partial charge is 0.0993 e. The first-order chi connectivity index (χ1) is 11.7. The summed E-state index contributed by atoms with van der Waals surface area (Å²) in [5, 5.41) is 0. The zero-order valence-electron chi connectivity index (χ0n) is 16.6. The van der Waals surface area contributed by atoms with Gasteiger partial charge in [-0.3, -0.25) is 0 Å². The predicted molar refractivity (Wildman–Crippen MR) is 104 cm³/mol. The Morgan fingerprint density at radius 1 is 0.875 bits per heavy atom. The van der Waals surface area contributed by atoms with E-state index in [2.05, 4.69) is 13.5 Å². The summed E-state index contributed by atoms with van der Waals surface area (Å²) < 4.78 is 0. The van der Waals surface area contributed by atoms with Gasteiger partial charge in [-0.05, 0) is 117 Å². The van der Waals surface area contributed by atoms with Crippen LogP contribution in [0, 0.1) is 40.4 Å². The van der Waals surface area contributed by atoms with E-state index in [1.54, 1.807) is 56.9 Å². The molecule has 0 aromatic rings. The van der Waals surface area contributed by atoms with Gasteiger partial charge in [-0.1, -0.05) is 32.9 Å². The second kappa shape index (κ2) is 6.17. The zero-order valence-corrected chi connectivity index (χ0v) is 16.6. The number of rotatable bonds is 1. The van der Waals surface area contributed by atoms with Crippen LogP contribution in [0.15, 0.2) is 12.2 Å². The molecule has 5 rings (SSSR count). The molecule has 5 saturated carbocycles. The molecule has 0 aromatic heterocycles. The predicted octanol–water partition coefficient (Wildman–Crippen LogP) is 7.39. The monoisotopic (exact) mass is 328 g/mol. The summed E-state index contributed by atoms with van der Waals surface area (Å²) in [6.07, 6.45) is 18.3. The van der Waals surface area contributed by atoms with Crippen LogP contribution in [0.2, 0.25) is 0 Å². The number of fused-ring (bicyclic) bond motifs is 5. The van der Waals surface area contributed by atoms with Crippen LogP contribution < -0.4 is 0 Å². The molecule has 0 N–H and O–H groups in total. The van der Waals surface area contributed by atoms with Crippen molar-refractivity contribution in [2.24, 2.45) is 40.4 Å². The van der Waals surface area contributed by atoms with Gasteiger partial charge in [-0.15, -0.1) is 0 Å². The van der Waals surface area contributed by atoms with Crippen molar-refractivity contribution in [1.29, 1.82) is 0 Å². The average Bonchev–Trinajstić information content (AvgIpc) is 3.29. The summed E-state index contributed by atoms with van der Waals surface area (Å²) in [7, 11) is 0. The third kappa shape index (κ3) is 2.38. The summed E-state index contributed by atoms with van der Waals surface area (Å²) in [6, 6.07) is 0. The SMILES string of the molecule is C=C1CCC2C3CCC4CC5(CCC4C3CCC12CC)CC5.CC. The van der Waals surface area contributed by atoms with Gasteiger partial charge in [0.2, 0.25) is 0 Å². The van der Waals surface area contributed by atoms with E-state index in [9.17, 15) is 0 Å². The molecule has 1 spiro atoms. The first-order valence-corrected chi connectivity index (χ1v) is 11.4. The first kappa shape index (κ1) is 17.2. The molecule has 0 heterocycles. The summed E-state index contributed by atoms with van der Waals surface area (Å²) >= 11 is 0. The Bertz CT molecular complexity index is 484. The van der Waals surface area contributed by atoms with Crippen LogP contribution in [0.25, 0.3) is 0 Å². The molecule has 5 fully saturated rings. The Hall–Kier alpha value is -0.260. The smallest absolute Gasteiger partial charge is 0.00622 e. The standard InChI is InChI=1S/C22H34.C2H6/c1-3-22-11-9-18-17-8-10-21(12-13-21)14-16(17)5-6-19(18)20(22)7-4-15(22)2;1-2/h16-20H,2-14H2,1H3;1-2H3. The van der Waals surface area contributed by atoms with Crippen molar-refractivity contribution in [3.8, 4) is 0 Å². The van der Waals surface area contributed by atoms with Crippen molar-refractivity contribution in [3.05, 3.63) is 12.2 Å². The van der Waals surface area contributed by atoms with E-state index in [-0.39, 0.29) is 0 Å². The topological polar surface area (TPSA) is 0 Å². The molecular weight excluding hydrogens is 288 g/mol. The number of hydrogen-bond acceptors (Lipinski definition) is 0. The number of allylic oxidation sites excluding steroid dienone is 1. The lowest BCUT2D eigenvalue weighted by atomic mass is 9.49. The highest BCUT2D eigenvalue weighted by molar-refractivity contribution is 5.22. The zero-order chi connectivity index (χ0) is 16.9. The minimum Gasteiger partial charge on any atom is -0.0993 e. The molecule has 0 amide bonds. The van der Waals surface area contributed by atoms with E-state index in [1.165, 1.54) is 25.7 Å². The van der Waals surface area contributed by atoms with Gasteiger partial charge in [0.15, 0.2) is 0 Å². The molecule has 136 valence electrons. The van der Waals surface area contributed by atoms with E-state index in [0.29, 0.717) is 5.41 Å². The molecule has 5 aliphatic carbocycles.